The SMILES string of the molecule is CC1CN(C(=O)CN2CCCC2CCCO)CC(C)O1. The minimum atomic E-state index is 0.131. The average molecular weight is 284 g/mol. The molecule has 2 rings (SSSR count). The molecule has 0 radical (unpaired) electrons. The second kappa shape index (κ2) is 7.38. The van der Waals surface area contributed by atoms with Crippen LogP contribution in [0.25, 0.3) is 0 Å². The van der Waals surface area contributed by atoms with Crippen LogP contribution in [0.5, 0.6) is 0 Å². The fraction of sp³-hybridized carbons (Fsp3) is 0.933. The maximum absolute atomic E-state index is 12.4. The van der Waals surface area contributed by atoms with E-state index in [-0.39, 0.29) is 24.7 Å². The van der Waals surface area contributed by atoms with E-state index in [4.69, 9.17) is 9.84 Å². The summed E-state index contributed by atoms with van der Waals surface area (Å²) in [5.74, 6) is 0.225. The van der Waals surface area contributed by atoms with Crippen molar-refractivity contribution >= 4 is 5.91 Å². The van der Waals surface area contributed by atoms with Gasteiger partial charge in [0.25, 0.3) is 0 Å². The molecule has 3 unspecified atom stereocenters. The fourth-order valence-corrected chi connectivity index (χ4v) is 3.41. The lowest BCUT2D eigenvalue weighted by Crippen LogP contribution is -2.51. The van der Waals surface area contributed by atoms with Crippen molar-refractivity contribution < 1.29 is 14.6 Å². The fourth-order valence-electron chi connectivity index (χ4n) is 3.41. The maximum atomic E-state index is 12.4. The highest BCUT2D eigenvalue weighted by molar-refractivity contribution is 5.78. The first-order chi connectivity index (χ1) is 9.60. The van der Waals surface area contributed by atoms with Gasteiger partial charge in [-0.2, -0.15) is 0 Å². The van der Waals surface area contributed by atoms with Crippen molar-refractivity contribution in [3.8, 4) is 0 Å². The first-order valence-electron chi connectivity index (χ1n) is 7.88. The second-order valence-corrected chi connectivity index (χ2v) is 6.19. The number of rotatable bonds is 5. The number of aliphatic hydroxyl groups excluding tert-OH is 1. The molecule has 116 valence electrons. The van der Waals surface area contributed by atoms with Gasteiger partial charge in [0.15, 0.2) is 0 Å². The van der Waals surface area contributed by atoms with Crippen molar-refractivity contribution in [2.45, 2.75) is 57.8 Å². The Bertz CT molecular complexity index is 314. The third-order valence-corrected chi connectivity index (χ3v) is 4.31. The minimum absolute atomic E-state index is 0.131. The predicted molar refractivity (Wildman–Crippen MR) is 77.5 cm³/mol. The summed E-state index contributed by atoms with van der Waals surface area (Å²) < 4.78 is 5.68. The molecule has 0 saturated carbocycles. The zero-order valence-corrected chi connectivity index (χ0v) is 12.8. The average Bonchev–Trinajstić information content (AvgIpc) is 2.82. The Morgan fingerprint density at radius 1 is 1.30 bits per heavy atom. The molecule has 3 atom stereocenters. The van der Waals surface area contributed by atoms with Gasteiger partial charge in [0.05, 0.1) is 18.8 Å². The highest BCUT2D eigenvalue weighted by atomic mass is 16.5. The summed E-state index contributed by atoms with van der Waals surface area (Å²) in [7, 11) is 0. The molecule has 2 heterocycles. The Balaban J connectivity index is 1.83. The number of hydrogen-bond acceptors (Lipinski definition) is 4. The molecule has 5 heteroatoms. The molecule has 20 heavy (non-hydrogen) atoms. The zero-order chi connectivity index (χ0) is 14.5. The number of amides is 1. The molecule has 1 amide bonds. The van der Waals surface area contributed by atoms with Gasteiger partial charge in [-0.15, -0.1) is 0 Å². The molecule has 0 spiro atoms. The van der Waals surface area contributed by atoms with Crippen molar-refractivity contribution in [2.24, 2.45) is 0 Å². The van der Waals surface area contributed by atoms with Crippen LogP contribution < -0.4 is 0 Å². The summed E-state index contributed by atoms with van der Waals surface area (Å²) in [6.45, 7) is 7.24. The van der Waals surface area contributed by atoms with Crippen LogP contribution in [0.1, 0.15) is 39.5 Å². The molecule has 2 saturated heterocycles. The smallest absolute Gasteiger partial charge is 0.236 e. The van der Waals surface area contributed by atoms with Crippen LogP contribution in [0, 0.1) is 0 Å². The van der Waals surface area contributed by atoms with Crippen molar-refractivity contribution in [1.82, 2.24) is 9.80 Å². The van der Waals surface area contributed by atoms with Crippen LogP contribution in [0.2, 0.25) is 0 Å². The lowest BCUT2D eigenvalue weighted by Gasteiger charge is -2.36. The number of likely N-dealkylation sites (tertiary alicyclic amines) is 1. The summed E-state index contributed by atoms with van der Waals surface area (Å²) in [6.07, 6.45) is 4.42. The predicted octanol–water partition coefficient (Wildman–Crippen LogP) is 0.859. The van der Waals surface area contributed by atoms with Gasteiger partial charge in [-0.05, 0) is 46.1 Å². The van der Waals surface area contributed by atoms with Gasteiger partial charge in [-0.1, -0.05) is 0 Å². The van der Waals surface area contributed by atoms with Crippen LogP contribution in [-0.4, -0.2) is 71.8 Å². The summed E-state index contributed by atoms with van der Waals surface area (Å²) in [6, 6.07) is 0.474. The molecular formula is C15H28N2O3. The molecule has 0 aromatic heterocycles. The van der Waals surface area contributed by atoms with Crippen LogP contribution in [0.3, 0.4) is 0 Å². The lowest BCUT2D eigenvalue weighted by molar-refractivity contribution is -0.144. The molecule has 0 aromatic carbocycles. The van der Waals surface area contributed by atoms with E-state index in [1.54, 1.807) is 0 Å². The molecule has 0 aliphatic carbocycles. The molecule has 1 N–H and O–H groups in total. The van der Waals surface area contributed by atoms with Crippen LogP contribution in [-0.2, 0) is 9.53 Å². The highest BCUT2D eigenvalue weighted by Crippen LogP contribution is 2.21. The van der Waals surface area contributed by atoms with E-state index in [2.05, 4.69) is 4.90 Å². The normalized spacial score (nSPS) is 31.8. The Morgan fingerprint density at radius 2 is 2.00 bits per heavy atom. The molecular weight excluding hydrogens is 256 g/mol. The van der Waals surface area contributed by atoms with Gasteiger partial charge in [0.1, 0.15) is 0 Å². The quantitative estimate of drug-likeness (QED) is 0.813. The molecule has 2 aliphatic heterocycles. The van der Waals surface area contributed by atoms with E-state index < -0.39 is 0 Å². The minimum Gasteiger partial charge on any atom is -0.396 e. The first kappa shape index (κ1) is 15.7. The zero-order valence-electron chi connectivity index (χ0n) is 12.8. The van der Waals surface area contributed by atoms with E-state index in [0.29, 0.717) is 25.7 Å². The topological polar surface area (TPSA) is 53.0 Å². The third-order valence-electron chi connectivity index (χ3n) is 4.31. The second-order valence-electron chi connectivity index (χ2n) is 6.19. The van der Waals surface area contributed by atoms with E-state index in [1.165, 1.54) is 6.42 Å². The van der Waals surface area contributed by atoms with Crippen molar-refractivity contribution in [2.75, 3.05) is 32.8 Å². The Kier molecular flexibility index (Phi) is 5.81. The van der Waals surface area contributed by atoms with Crippen molar-refractivity contribution in [3.63, 3.8) is 0 Å². The summed E-state index contributed by atoms with van der Waals surface area (Å²) in [5, 5.41) is 8.95. The molecule has 0 bridgehead atoms. The van der Waals surface area contributed by atoms with Crippen molar-refractivity contribution in [3.05, 3.63) is 0 Å². The largest absolute Gasteiger partial charge is 0.396 e. The Hall–Kier alpha value is -0.650. The highest BCUT2D eigenvalue weighted by Gasteiger charge is 2.30. The Labute approximate surface area is 121 Å². The van der Waals surface area contributed by atoms with Gasteiger partial charge in [0.2, 0.25) is 5.91 Å². The van der Waals surface area contributed by atoms with E-state index in [9.17, 15) is 4.79 Å². The van der Waals surface area contributed by atoms with Gasteiger partial charge in [-0.25, -0.2) is 0 Å². The maximum Gasteiger partial charge on any atom is 0.236 e. The number of carbonyl (C=O) groups excluding carboxylic acids is 1. The molecule has 2 aliphatic rings. The van der Waals surface area contributed by atoms with Gasteiger partial charge < -0.3 is 14.7 Å². The van der Waals surface area contributed by atoms with Crippen LogP contribution in [0.15, 0.2) is 0 Å². The van der Waals surface area contributed by atoms with Gasteiger partial charge in [0, 0.05) is 25.7 Å². The number of morpholine rings is 1. The van der Waals surface area contributed by atoms with Gasteiger partial charge >= 0.3 is 0 Å². The molecule has 0 aromatic rings. The van der Waals surface area contributed by atoms with E-state index in [0.717, 1.165) is 25.8 Å². The monoisotopic (exact) mass is 284 g/mol. The Morgan fingerprint density at radius 3 is 2.65 bits per heavy atom. The number of carbonyl (C=O) groups is 1. The molecule has 2 fully saturated rings. The number of ether oxygens (including phenoxy) is 1. The standard InChI is InChI=1S/C15H28N2O3/c1-12-9-17(10-13(2)20-12)15(19)11-16-7-3-5-14(16)6-4-8-18/h12-14,18H,3-11H2,1-2H3. The molecule has 5 nitrogen and oxygen atoms in total. The van der Waals surface area contributed by atoms with Gasteiger partial charge in [-0.3, -0.25) is 9.69 Å². The lowest BCUT2D eigenvalue weighted by atomic mass is 10.1. The van der Waals surface area contributed by atoms with Crippen LogP contribution in [0.4, 0.5) is 0 Å². The number of aliphatic hydroxyl groups is 1. The van der Waals surface area contributed by atoms with Crippen LogP contribution >= 0.6 is 0 Å². The summed E-state index contributed by atoms with van der Waals surface area (Å²) in [4.78, 5) is 16.7. The number of nitrogens with zero attached hydrogens (tertiary/aromatic N) is 2. The van der Waals surface area contributed by atoms with E-state index >= 15 is 0 Å². The van der Waals surface area contributed by atoms with Crippen molar-refractivity contribution in [1.29, 1.82) is 0 Å². The van der Waals surface area contributed by atoms with E-state index in [1.807, 2.05) is 18.7 Å². The number of hydrogen-bond donors (Lipinski definition) is 1. The summed E-state index contributed by atoms with van der Waals surface area (Å²) >= 11 is 0. The first-order valence-corrected chi connectivity index (χ1v) is 7.88. The summed E-state index contributed by atoms with van der Waals surface area (Å²) in [5.41, 5.74) is 0. The third kappa shape index (κ3) is 4.17.